The van der Waals surface area contributed by atoms with E-state index in [1.807, 2.05) is 53.2 Å². The molecule has 0 amide bonds. The Kier molecular flexibility index (Phi) is 3.13. The SMILES string of the molecule is COc1ccc2cnc(Cc3cccc(Cl)c3)n2c1. The van der Waals surface area contributed by atoms with Crippen LogP contribution < -0.4 is 4.74 Å². The van der Waals surface area contributed by atoms with Gasteiger partial charge in [0.15, 0.2) is 0 Å². The van der Waals surface area contributed by atoms with Crippen molar-refractivity contribution in [1.29, 1.82) is 0 Å². The molecule has 0 radical (unpaired) electrons. The van der Waals surface area contributed by atoms with Crippen LogP contribution in [-0.4, -0.2) is 16.5 Å². The molecule has 19 heavy (non-hydrogen) atoms. The minimum atomic E-state index is 0.738. The third kappa shape index (κ3) is 2.42. The number of ether oxygens (including phenoxy) is 1. The fourth-order valence-electron chi connectivity index (χ4n) is 2.11. The molecule has 0 atom stereocenters. The molecule has 0 spiro atoms. The van der Waals surface area contributed by atoms with Gasteiger partial charge < -0.3 is 4.74 Å². The van der Waals surface area contributed by atoms with Crippen molar-refractivity contribution in [2.24, 2.45) is 0 Å². The maximum absolute atomic E-state index is 6.00. The molecule has 1 aromatic carbocycles. The summed E-state index contributed by atoms with van der Waals surface area (Å²) in [5, 5.41) is 0.746. The number of aromatic nitrogens is 2. The van der Waals surface area contributed by atoms with Crippen molar-refractivity contribution in [3.05, 3.63) is 65.2 Å². The van der Waals surface area contributed by atoms with E-state index in [0.717, 1.165) is 34.1 Å². The standard InChI is InChI=1S/C15H13ClN2O/c1-19-14-6-5-13-9-17-15(18(13)10-14)8-11-3-2-4-12(16)7-11/h2-7,9-10H,8H2,1H3. The van der Waals surface area contributed by atoms with Gasteiger partial charge in [-0.1, -0.05) is 23.7 Å². The fourth-order valence-corrected chi connectivity index (χ4v) is 2.32. The van der Waals surface area contributed by atoms with Gasteiger partial charge in [0.05, 0.1) is 25.0 Å². The molecule has 2 heterocycles. The summed E-state index contributed by atoms with van der Waals surface area (Å²) in [5.41, 5.74) is 2.20. The predicted octanol–water partition coefficient (Wildman–Crippen LogP) is 3.59. The molecule has 0 N–H and O–H groups in total. The number of nitrogens with zero attached hydrogens (tertiary/aromatic N) is 2. The molecule has 96 valence electrons. The Balaban J connectivity index is 2.00. The van der Waals surface area contributed by atoms with Crippen molar-refractivity contribution in [3.8, 4) is 5.75 Å². The van der Waals surface area contributed by atoms with E-state index in [-0.39, 0.29) is 0 Å². The molecule has 3 aromatic rings. The second-order valence-electron chi connectivity index (χ2n) is 4.34. The number of benzene rings is 1. The molecule has 0 aliphatic heterocycles. The van der Waals surface area contributed by atoms with E-state index < -0.39 is 0 Å². The van der Waals surface area contributed by atoms with E-state index in [9.17, 15) is 0 Å². The van der Waals surface area contributed by atoms with Crippen molar-refractivity contribution in [3.63, 3.8) is 0 Å². The van der Waals surface area contributed by atoms with Crippen LogP contribution in [0.2, 0.25) is 5.02 Å². The molecule has 3 nitrogen and oxygen atoms in total. The van der Waals surface area contributed by atoms with Crippen molar-refractivity contribution >= 4 is 17.1 Å². The second-order valence-corrected chi connectivity index (χ2v) is 4.78. The Morgan fingerprint density at radius 3 is 2.95 bits per heavy atom. The molecule has 0 aliphatic rings. The number of rotatable bonds is 3. The highest BCUT2D eigenvalue weighted by Gasteiger charge is 2.06. The van der Waals surface area contributed by atoms with Crippen molar-refractivity contribution in [2.75, 3.05) is 7.11 Å². The first-order valence-electron chi connectivity index (χ1n) is 6.01. The van der Waals surface area contributed by atoms with Crippen LogP contribution in [-0.2, 0) is 6.42 Å². The van der Waals surface area contributed by atoms with Crippen molar-refractivity contribution < 1.29 is 4.74 Å². The smallest absolute Gasteiger partial charge is 0.135 e. The van der Waals surface area contributed by atoms with Crippen LogP contribution in [0.5, 0.6) is 5.75 Å². The van der Waals surface area contributed by atoms with Gasteiger partial charge in [-0.2, -0.15) is 0 Å². The highest BCUT2D eigenvalue weighted by molar-refractivity contribution is 6.30. The van der Waals surface area contributed by atoms with Gasteiger partial charge in [0, 0.05) is 11.4 Å². The lowest BCUT2D eigenvalue weighted by Crippen LogP contribution is -1.97. The lowest BCUT2D eigenvalue weighted by atomic mass is 10.1. The van der Waals surface area contributed by atoms with Crippen LogP contribution in [0.15, 0.2) is 48.8 Å². The van der Waals surface area contributed by atoms with Crippen LogP contribution in [0.4, 0.5) is 0 Å². The Morgan fingerprint density at radius 2 is 2.16 bits per heavy atom. The number of methoxy groups -OCH3 is 1. The fraction of sp³-hybridized carbons (Fsp3) is 0.133. The molecule has 0 unspecified atom stereocenters. The normalized spacial score (nSPS) is 10.8. The van der Waals surface area contributed by atoms with Crippen LogP contribution in [0.25, 0.3) is 5.52 Å². The summed E-state index contributed by atoms with van der Waals surface area (Å²) < 4.78 is 7.29. The van der Waals surface area contributed by atoms with Crippen LogP contribution in [0, 0.1) is 0 Å². The number of fused-ring (bicyclic) bond motifs is 1. The molecule has 4 heteroatoms. The average molecular weight is 273 g/mol. The summed E-state index contributed by atoms with van der Waals surface area (Å²) in [5.74, 6) is 1.79. The molecular formula is C15H13ClN2O. The average Bonchev–Trinajstić information content (AvgIpc) is 2.81. The Bertz CT molecular complexity index is 721. The summed E-state index contributed by atoms with van der Waals surface area (Å²) in [7, 11) is 1.66. The number of halogens is 1. The van der Waals surface area contributed by atoms with E-state index in [2.05, 4.69) is 4.98 Å². The van der Waals surface area contributed by atoms with Crippen LogP contribution in [0.1, 0.15) is 11.4 Å². The molecule has 3 rings (SSSR count). The third-order valence-corrected chi connectivity index (χ3v) is 3.30. The first-order valence-corrected chi connectivity index (χ1v) is 6.38. The van der Waals surface area contributed by atoms with E-state index in [1.54, 1.807) is 7.11 Å². The monoisotopic (exact) mass is 272 g/mol. The number of imidazole rings is 1. The zero-order chi connectivity index (χ0) is 13.2. The summed E-state index contributed by atoms with van der Waals surface area (Å²) in [4.78, 5) is 4.46. The summed E-state index contributed by atoms with van der Waals surface area (Å²) in [6.07, 6.45) is 4.55. The topological polar surface area (TPSA) is 26.5 Å². The highest BCUT2D eigenvalue weighted by Crippen LogP contribution is 2.18. The van der Waals surface area contributed by atoms with Gasteiger partial charge >= 0.3 is 0 Å². The number of hydrogen-bond donors (Lipinski definition) is 0. The maximum Gasteiger partial charge on any atom is 0.135 e. The number of hydrogen-bond acceptors (Lipinski definition) is 2. The van der Waals surface area contributed by atoms with Gasteiger partial charge in [-0.05, 0) is 29.8 Å². The van der Waals surface area contributed by atoms with E-state index in [4.69, 9.17) is 16.3 Å². The molecule has 0 fully saturated rings. The van der Waals surface area contributed by atoms with Gasteiger partial charge in [0.2, 0.25) is 0 Å². The van der Waals surface area contributed by atoms with Crippen LogP contribution in [0.3, 0.4) is 0 Å². The lowest BCUT2D eigenvalue weighted by Gasteiger charge is -2.05. The molecule has 0 saturated carbocycles. The Morgan fingerprint density at radius 1 is 1.26 bits per heavy atom. The first-order chi connectivity index (χ1) is 9.26. The van der Waals surface area contributed by atoms with Gasteiger partial charge in [-0.25, -0.2) is 4.98 Å². The van der Waals surface area contributed by atoms with Gasteiger partial charge in [-0.15, -0.1) is 0 Å². The molecule has 0 aliphatic carbocycles. The molecule has 0 bridgehead atoms. The minimum absolute atomic E-state index is 0.738. The second kappa shape index (κ2) is 4.94. The largest absolute Gasteiger partial charge is 0.495 e. The van der Waals surface area contributed by atoms with Crippen molar-refractivity contribution in [1.82, 2.24) is 9.38 Å². The van der Waals surface area contributed by atoms with Gasteiger partial charge in [0.1, 0.15) is 11.6 Å². The third-order valence-electron chi connectivity index (χ3n) is 3.06. The minimum Gasteiger partial charge on any atom is -0.495 e. The zero-order valence-electron chi connectivity index (χ0n) is 10.5. The summed E-state index contributed by atoms with van der Waals surface area (Å²) in [6.45, 7) is 0. The molecule has 2 aromatic heterocycles. The maximum atomic E-state index is 6.00. The van der Waals surface area contributed by atoms with E-state index in [0.29, 0.717) is 0 Å². The van der Waals surface area contributed by atoms with E-state index in [1.165, 1.54) is 0 Å². The number of pyridine rings is 1. The Hall–Kier alpha value is -2.00. The Labute approximate surface area is 116 Å². The van der Waals surface area contributed by atoms with Crippen LogP contribution >= 0.6 is 11.6 Å². The quantitative estimate of drug-likeness (QED) is 0.728. The summed E-state index contributed by atoms with van der Waals surface area (Å²) >= 11 is 6.00. The van der Waals surface area contributed by atoms with Gasteiger partial charge in [-0.3, -0.25) is 4.40 Å². The summed E-state index contributed by atoms with van der Waals surface area (Å²) in [6, 6.07) is 11.8. The highest BCUT2D eigenvalue weighted by atomic mass is 35.5. The molecular weight excluding hydrogens is 260 g/mol. The molecule has 0 saturated heterocycles. The lowest BCUT2D eigenvalue weighted by molar-refractivity contribution is 0.412. The van der Waals surface area contributed by atoms with Crippen molar-refractivity contribution in [2.45, 2.75) is 6.42 Å². The zero-order valence-corrected chi connectivity index (χ0v) is 11.3. The van der Waals surface area contributed by atoms with Gasteiger partial charge in [0.25, 0.3) is 0 Å². The first kappa shape index (κ1) is 12.1. The predicted molar refractivity (Wildman–Crippen MR) is 76.0 cm³/mol. The van der Waals surface area contributed by atoms with E-state index >= 15 is 0 Å².